The molecule has 1 aromatic carbocycles. The van der Waals surface area contributed by atoms with E-state index in [4.69, 9.17) is 9.72 Å². The Hall–Kier alpha value is -3.23. The van der Waals surface area contributed by atoms with Gasteiger partial charge in [-0.15, -0.1) is 0 Å². The van der Waals surface area contributed by atoms with Crippen molar-refractivity contribution in [3.8, 4) is 22.8 Å². The van der Waals surface area contributed by atoms with E-state index >= 15 is 0 Å². The first kappa shape index (κ1) is 17.8. The van der Waals surface area contributed by atoms with Crippen molar-refractivity contribution in [3.05, 3.63) is 48.2 Å². The van der Waals surface area contributed by atoms with Crippen LogP contribution < -0.4 is 10.2 Å². The minimum atomic E-state index is 0.529. The van der Waals surface area contributed by atoms with Gasteiger partial charge in [0.1, 0.15) is 11.5 Å². The van der Waals surface area contributed by atoms with E-state index in [-0.39, 0.29) is 0 Å². The molecule has 5 rings (SSSR count). The number of anilines is 1. The number of imidazole rings is 1. The molecule has 1 saturated heterocycles. The Labute approximate surface area is 168 Å². The van der Waals surface area contributed by atoms with Gasteiger partial charge in [0.15, 0.2) is 5.82 Å². The summed E-state index contributed by atoms with van der Waals surface area (Å²) in [5.41, 5.74) is 5.61. The van der Waals surface area contributed by atoms with Crippen molar-refractivity contribution in [1.82, 2.24) is 30.5 Å². The molecule has 0 amide bonds. The quantitative estimate of drug-likeness (QED) is 0.486. The Kier molecular flexibility index (Phi) is 4.71. The number of aromatic nitrogens is 5. The summed E-state index contributed by atoms with van der Waals surface area (Å²) in [6, 6.07) is 12.2. The van der Waals surface area contributed by atoms with Crippen LogP contribution in [0.25, 0.3) is 33.8 Å². The molecular weight excluding hydrogens is 366 g/mol. The zero-order chi connectivity index (χ0) is 19.6. The number of hydrogen-bond acceptors (Lipinski definition) is 6. The third-order valence-electron chi connectivity index (χ3n) is 5.21. The van der Waals surface area contributed by atoms with Crippen LogP contribution in [0.3, 0.4) is 0 Å². The molecule has 1 aliphatic rings. The minimum Gasteiger partial charge on any atom is -0.380 e. The average Bonchev–Trinajstić information content (AvgIpc) is 3.43. The van der Waals surface area contributed by atoms with Gasteiger partial charge in [0.2, 0.25) is 0 Å². The number of ether oxygens (including phenoxy) is 1. The van der Waals surface area contributed by atoms with E-state index in [0.29, 0.717) is 6.61 Å². The maximum atomic E-state index is 5.28. The van der Waals surface area contributed by atoms with Crippen LogP contribution >= 0.6 is 0 Å². The number of methoxy groups -OCH3 is 1. The summed E-state index contributed by atoms with van der Waals surface area (Å²) < 4.78 is 5.28. The second kappa shape index (κ2) is 7.65. The maximum Gasteiger partial charge on any atom is 0.156 e. The van der Waals surface area contributed by atoms with Crippen LogP contribution in [0, 0.1) is 0 Å². The number of H-pyrrole nitrogens is 2. The summed E-state index contributed by atoms with van der Waals surface area (Å²) in [5, 5.41) is 10.9. The summed E-state index contributed by atoms with van der Waals surface area (Å²) in [6.07, 6.45) is 1.88. The highest BCUT2D eigenvalue weighted by atomic mass is 16.5. The van der Waals surface area contributed by atoms with Gasteiger partial charge < -0.3 is 19.9 Å². The predicted octanol–water partition coefficient (Wildman–Crippen LogP) is 2.57. The van der Waals surface area contributed by atoms with Crippen LogP contribution in [0.5, 0.6) is 0 Å². The first-order valence-corrected chi connectivity index (χ1v) is 9.76. The molecule has 0 bridgehead atoms. The number of pyridine rings is 1. The fourth-order valence-electron chi connectivity index (χ4n) is 3.70. The van der Waals surface area contributed by atoms with Gasteiger partial charge in [0.25, 0.3) is 0 Å². The third-order valence-corrected chi connectivity index (χ3v) is 5.21. The van der Waals surface area contributed by atoms with Crippen LogP contribution in [0.1, 0.15) is 5.56 Å². The SMILES string of the molecule is COCc1cccc2[nH]c(-c3cc(-c4ccc(N5CCNCC5)nc4)n[nH]3)nc12. The maximum absolute atomic E-state index is 5.28. The average molecular weight is 389 g/mol. The highest BCUT2D eigenvalue weighted by molar-refractivity contribution is 5.82. The van der Waals surface area contributed by atoms with Gasteiger partial charge in [-0.3, -0.25) is 5.10 Å². The number of nitrogens with one attached hydrogen (secondary N) is 3. The molecule has 8 nitrogen and oxygen atoms in total. The van der Waals surface area contributed by atoms with E-state index in [1.54, 1.807) is 7.11 Å². The molecule has 0 saturated carbocycles. The van der Waals surface area contributed by atoms with Crippen LogP contribution in [0.15, 0.2) is 42.6 Å². The smallest absolute Gasteiger partial charge is 0.156 e. The molecule has 0 unspecified atom stereocenters. The molecule has 0 radical (unpaired) electrons. The fourth-order valence-corrected chi connectivity index (χ4v) is 3.70. The number of benzene rings is 1. The number of para-hydroxylation sites is 1. The molecule has 3 N–H and O–H groups in total. The van der Waals surface area contributed by atoms with E-state index in [2.05, 4.69) is 42.5 Å². The van der Waals surface area contributed by atoms with E-state index in [9.17, 15) is 0 Å². The molecule has 0 atom stereocenters. The number of rotatable bonds is 5. The van der Waals surface area contributed by atoms with Gasteiger partial charge in [-0.1, -0.05) is 12.1 Å². The fraction of sp³-hybridized carbons (Fsp3) is 0.286. The number of nitrogens with zero attached hydrogens (tertiary/aromatic N) is 4. The largest absolute Gasteiger partial charge is 0.380 e. The van der Waals surface area contributed by atoms with Crippen molar-refractivity contribution in [1.29, 1.82) is 0 Å². The van der Waals surface area contributed by atoms with Crippen molar-refractivity contribution in [2.75, 3.05) is 38.2 Å². The molecule has 4 heterocycles. The molecular formula is C21H23N7O. The molecule has 29 heavy (non-hydrogen) atoms. The van der Waals surface area contributed by atoms with Gasteiger partial charge in [-0.25, -0.2) is 9.97 Å². The Balaban J connectivity index is 1.40. The molecule has 8 heteroatoms. The molecule has 3 aromatic heterocycles. The summed E-state index contributed by atoms with van der Waals surface area (Å²) in [6.45, 7) is 4.48. The zero-order valence-corrected chi connectivity index (χ0v) is 16.3. The first-order chi connectivity index (χ1) is 14.3. The van der Waals surface area contributed by atoms with E-state index < -0.39 is 0 Å². The second-order valence-corrected chi connectivity index (χ2v) is 7.14. The van der Waals surface area contributed by atoms with Crippen LogP contribution in [-0.4, -0.2) is 58.4 Å². The lowest BCUT2D eigenvalue weighted by molar-refractivity contribution is 0.186. The van der Waals surface area contributed by atoms with E-state index in [1.807, 2.05) is 30.5 Å². The summed E-state index contributed by atoms with van der Waals surface area (Å²) in [5.74, 6) is 1.77. The normalized spacial score (nSPS) is 14.6. The molecule has 0 aliphatic carbocycles. The first-order valence-electron chi connectivity index (χ1n) is 9.76. The van der Waals surface area contributed by atoms with Gasteiger partial charge in [0.05, 0.1) is 23.3 Å². The summed E-state index contributed by atoms with van der Waals surface area (Å²) in [7, 11) is 1.69. The van der Waals surface area contributed by atoms with Crippen molar-refractivity contribution in [3.63, 3.8) is 0 Å². The highest BCUT2D eigenvalue weighted by Crippen LogP contribution is 2.26. The van der Waals surface area contributed by atoms with Crippen molar-refractivity contribution in [2.24, 2.45) is 0 Å². The topological polar surface area (TPSA) is 94.7 Å². The standard InChI is InChI=1S/C21H23N7O/c1-29-13-15-3-2-4-16-20(15)25-21(24-16)18-11-17(26-27-18)14-5-6-19(23-12-14)28-9-7-22-8-10-28/h2-6,11-12,22H,7-10,13H2,1H3,(H,24,25)(H,26,27). The molecule has 0 spiro atoms. The van der Waals surface area contributed by atoms with Crippen molar-refractivity contribution >= 4 is 16.9 Å². The highest BCUT2D eigenvalue weighted by Gasteiger charge is 2.14. The Morgan fingerprint density at radius 2 is 2.03 bits per heavy atom. The Morgan fingerprint density at radius 3 is 2.83 bits per heavy atom. The molecule has 1 fully saturated rings. The van der Waals surface area contributed by atoms with E-state index in [1.165, 1.54) is 0 Å². The lowest BCUT2D eigenvalue weighted by Crippen LogP contribution is -2.43. The number of fused-ring (bicyclic) bond motifs is 1. The van der Waals surface area contributed by atoms with Crippen LogP contribution in [0.4, 0.5) is 5.82 Å². The second-order valence-electron chi connectivity index (χ2n) is 7.14. The van der Waals surface area contributed by atoms with Gasteiger partial charge >= 0.3 is 0 Å². The molecule has 4 aromatic rings. The number of piperazine rings is 1. The summed E-state index contributed by atoms with van der Waals surface area (Å²) in [4.78, 5) is 15.0. The monoisotopic (exact) mass is 389 g/mol. The van der Waals surface area contributed by atoms with Gasteiger partial charge in [-0.05, 0) is 24.3 Å². The van der Waals surface area contributed by atoms with Crippen LogP contribution in [-0.2, 0) is 11.3 Å². The van der Waals surface area contributed by atoms with Crippen molar-refractivity contribution in [2.45, 2.75) is 6.61 Å². The Morgan fingerprint density at radius 1 is 1.14 bits per heavy atom. The van der Waals surface area contributed by atoms with Gasteiger partial charge in [-0.2, -0.15) is 5.10 Å². The molecule has 1 aliphatic heterocycles. The third kappa shape index (κ3) is 3.48. The summed E-state index contributed by atoms with van der Waals surface area (Å²) >= 11 is 0. The van der Waals surface area contributed by atoms with Gasteiger partial charge in [0, 0.05) is 50.6 Å². The number of hydrogen-bond donors (Lipinski definition) is 3. The number of aromatic amines is 2. The van der Waals surface area contributed by atoms with Crippen molar-refractivity contribution < 1.29 is 4.74 Å². The van der Waals surface area contributed by atoms with Crippen LogP contribution in [0.2, 0.25) is 0 Å². The lowest BCUT2D eigenvalue weighted by atomic mass is 10.2. The lowest BCUT2D eigenvalue weighted by Gasteiger charge is -2.28. The zero-order valence-electron chi connectivity index (χ0n) is 16.3. The molecule has 148 valence electrons. The van der Waals surface area contributed by atoms with E-state index in [0.717, 1.165) is 71.4 Å². The Bertz CT molecular complexity index is 1110. The predicted molar refractivity (Wildman–Crippen MR) is 113 cm³/mol. The minimum absolute atomic E-state index is 0.529.